The van der Waals surface area contributed by atoms with Crippen molar-refractivity contribution in [3.63, 3.8) is 0 Å². The number of methoxy groups -OCH3 is 2. The minimum absolute atomic E-state index is 0.662. The first-order valence-corrected chi connectivity index (χ1v) is 9.54. The van der Waals surface area contributed by atoms with Gasteiger partial charge in [0.15, 0.2) is 11.5 Å². The summed E-state index contributed by atoms with van der Waals surface area (Å²) in [4.78, 5) is 9.52. The van der Waals surface area contributed by atoms with E-state index < -0.39 is 0 Å². The van der Waals surface area contributed by atoms with E-state index in [4.69, 9.17) is 14.5 Å². The highest BCUT2D eigenvalue weighted by molar-refractivity contribution is 6.00. The molecular formula is C22H27N3O2. The average Bonchev–Trinajstić information content (AvgIpc) is 2.73. The van der Waals surface area contributed by atoms with Gasteiger partial charge in [0.05, 0.1) is 19.9 Å². The molecule has 1 aromatic carbocycles. The largest absolute Gasteiger partial charge is 0.493 e. The molecule has 5 heteroatoms. The molecule has 0 spiro atoms. The fraction of sp³-hybridized carbons (Fsp3) is 0.409. The molecule has 4 rings (SSSR count). The average molecular weight is 365 g/mol. The molecule has 142 valence electrons. The van der Waals surface area contributed by atoms with Gasteiger partial charge in [-0.15, -0.1) is 0 Å². The summed E-state index contributed by atoms with van der Waals surface area (Å²) >= 11 is 0. The van der Waals surface area contributed by atoms with Crippen LogP contribution in [0.2, 0.25) is 0 Å². The van der Waals surface area contributed by atoms with Crippen LogP contribution in [0.4, 0.5) is 0 Å². The lowest BCUT2D eigenvalue weighted by atomic mass is 9.88. The Morgan fingerprint density at radius 2 is 1.81 bits per heavy atom. The van der Waals surface area contributed by atoms with Crippen molar-refractivity contribution in [2.75, 3.05) is 40.9 Å². The Kier molecular flexibility index (Phi) is 5.03. The van der Waals surface area contributed by atoms with Crippen LogP contribution >= 0.6 is 0 Å². The number of fused-ring (bicyclic) bond motifs is 1. The van der Waals surface area contributed by atoms with Crippen LogP contribution in [0.3, 0.4) is 0 Å². The third-order valence-electron chi connectivity index (χ3n) is 5.61. The molecule has 0 radical (unpaired) electrons. The van der Waals surface area contributed by atoms with Gasteiger partial charge in [-0.3, -0.25) is 0 Å². The van der Waals surface area contributed by atoms with Crippen LogP contribution in [0, 0.1) is 5.92 Å². The van der Waals surface area contributed by atoms with Crippen LogP contribution in [-0.2, 0) is 0 Å². The van der Waals surface area contributed by atoms with Crippen molar-refractivity contribution in [1.29, 1.82) is 0 Å². The molecule has 1 fully saturated rings. The summed E-state index contributed by atoms with van der Waals surface area (Å²) in [6.45, 7) is 3.20. The molecule has 0 N–H and O–H groups in total. The summed E-state index contributed by atoms with van der Waals surface area (Å²) < 4.78 is 10.8. The Labute approximate surface area is 161 Å². The second-order valence-corrected chi connectivity index (χ2v) is 7.32. The van der Waals surface area contributed by atoms with E-state index in [1.54, 1.807) is 14.2 Å². The number of allylic oxidation sites excluding steroid dienone is 2. The van der Waals surface area contributed by atoms with Gasteiger partial charge in [0.25, 0.3) is 0 Å². The summed E-state index contributed by atoms with van der Waals surface area (Å²) in [6, 6.07) is 5.94. The van der Waals surface area contributed by atoms with Crippen molar-refractivity contribution in [1.82, 2.24) is 9.80 Å². The van der Waals surface area contributed by atoms with Crippen LogP contribution in [0.25, 0.3) is 5.70 Å². The smallest absolute Gasteiger partial charge is 0.161 e. The first-order chi connectivity index (χ1) is 13.2. The van der Waals surface area contributed by atoms with E-state index in [1.165, 1.54) is 31.5 Å². The Hall–Kier alpha value is -2.53. The molecule has 5 nitrogen and oxygen atoms in total. The molecule has 0 saturated carbocycles. The maximum Gasteiger partial charge on any atom is 0.161 e. The predicted octanol–water partition coefficient (Wildman–Crippen LogP) is 3.55. The second-order valence-electron chi connectivity index (χ2n) is 7.32. The van der Waals surface area contributed by atoms with Crippen molar-refractivity contribution in [2.45, 2.75) is 12.8 Å². The van der Waals surface area contributed by atoms with E-state index >= 15 is 0 Å². The molecule has 1 saturated heterocycles. The Bertz CT molecular complexity index is 830. The highest BCUT2D eigenvalue weighted by Gasteiger charge is 2.24. The molecule has 1 aromatic rings. The van der Waals surface area contributed by atoms with Crippen molar-refractivity contribution in [3.05, 3.63) is 53.8 Å². The van der Waals surface area contributed by atoms with E-state index in [0.29, 0.717) is 5.92 Å². The van der Waals surface area contributed by atoms with Gasteiger partial charge >= 0.3 is 0 Å². The third-order valence-corrected chi connectivity index (χ3v) is 5.61. The molecule has 27 heavy (non-hydrogen) atoms. The lowest BCUT2D eigenvalue weighted by Gasteiger charge is -2.33. The van der Waals surface area contributed by atoms with Crippen LogP contribution in [-0.4, -0.2) is 56.5 Å². The number of nitrogens with zero attached hydrogens (tertiary/aromatic N) is 3. The monoisotopic (exact) mass is 365 g/mol. The summed E-state index contributed by atoms with van der Waals surface area (Å²) in [6.07, 6.45) is 11.3. The number of piperidine rings is 1. The Balaban J connectivity index is 1.51. The first kappa shape index (κ1) is 17.9. The number of hydrogen-bond acceptors (Lipinski definition) is 5. The molecule has 3 aliphatic rings. The molecule has 0 atom stereocenters. The number of rotatable bonds is 4. The zero-order chi connectivity index (χ0) is 18.8. The number of aliphatic imine (C=N–C) groups is 1. The molecule has 0 aromatic heterocycles. The molecule has 3 aliphatic heterocycles. The van der Waals surface area contributed by atoms with Gasteiger partial charge in [0, 0.05) is 18.3 Å². The topological polar surface area (TPSA) is 37.3 Å². The van der Waals surface area contributed by atoms with Crippen molar-refractivity contribution >= 4 is 11.5 Å². The number of amidine groups is 1. The highest BCUT2D eigenvalue weighted by Crippen LogP contribution is 2.33. The number of hydrogen-bond donors (Lipinski definition) is 0. The summed E-state index contributed by atoms with van der Waals surface area (Å²) in [5, 5.41) is 0. The molecule has 0 aliphatic carbocycles. The maximum atomic E-state index is 5.43. The van der Waals surface area contributed by atoms with Crippen LogP contribution in [0.15, 0.2) is 53.2 Å². The van der Waals surface area contributed by atoms with Gasteiger partial charge in [-0.25, -0.2) is 4.99 Å². The van der Waals surface area contributed by atoms with Gasteiger partial charge in [-0.2, -0.15) is 0 Å². The van der Waals surface area contributed by atoms with Gasteiger partial charge in [-0.05, 0) is 74.8 Å². The van der Waals surface area contributed by atoms with Crippen molar-refractivity contribution in [3.8, 4) is 11.5 Å². The summed E-state index contributed by atoms with van der Waals surface area (Å²) in [7, 11) is 5.51. The van der Waals surface area contributed by atoms with E-state index in [0.717, 1.165) is 35.1 Å². The molecule has 0 unspecified atom stereocenters. The fourth-order valence-corrected chi connectivity index (χ4v) is 3.92. The third kappa shape index (κ3) is 3.65. The Morgan fingerprint density at radius 1 is 1.04 bits per heavy atom. The van der Waals surface area contributed by atoms with Gasteiger partial charge < -0.3 is 19.3 Å². The minimum Gasteiger partial charge on any atom is -0.493 e. The molecular weight excluding hydrogens is 338 g/mol. The van der Waals surface area contributed by atoms with Gasteiger partial charge in [0.2, 0.25) is 0 Å². The second kappa shape index (κ2) is 7.61. The lowest BCUT2D eigenvalue weighted by molar-refractivity contribution is 0.239. The van der Waals surface area contributed by atoms with Gasteiger partial charge in [-0.1, -0.05) is 6.08 Å². The van der Waals surface area contributed by atoms with Crippen LogP contribution in [0.1, 0.15) is 18.4 Å². The Morgan fingerprint density at radius 3 is 2.56 bits per heavy atom. The zero-order valence-corrected chi connectivity index (χ0v) is 16.3. The van der Waals surface area contributed by atoms with Crippen molar-refractivity contribution < 1.29 is 9.47 Å². The molecule has 0 amide bonds. The van der Waals surface area contributed by atoms with Crippen molar-refractivity contribution in [2.24, 2.45) is 10.9 Å². The SMILES string of the molecule is COc1ccc(C2=CCN3C=C(C4CCN(C)CC4)C=CC3=N2)cc1OC. The zero-order valence-electron chi connectivity index (χ0n) is 16.3. The van der Waals surface area contributed by atoms with Gasteiger partial charge in [0.1, 0.15) is 5.84 Å². The lowest BCUT2D eigenvalue weighted by Crippen LogP contribution is -2.34. The predicted molar refractivity (Wildman–Crippen MR) is 109 cm³/mol. The quantitative estimate of drug-likeness (QED) is 0.818. The van der Waals surface area contributed by atoms with Crippen LogP contribution < -0.4 is 9.47 Å². The summed E-state index contributed by atoms with van der Waals surface area (Å²) in [5.74, 6) is 3.12. The normalized spacial score (nSPS) is 20.6. The summed E-state index contributed by atoms with van der Waals surface area (Å²) in [5.41, 5.74) is 3.45. The fourth-order valence-electron chi connectivity index (χ4n) is 3.92. The van der Waals surface area contributed by atoms with E-state index in [2.05, 4.69) is 41.3 Å². The maximum absolute atomic E-state index is 5.43. The standard InChI is InChI=1S/C22H27N3O2/c1-24-11-8-16(9-12-24)18-5-7-22-23-19(10-13-25(22)15-18)17-4-6-20(26-2)21(14-17)27-3/h4-7,10,14-16H,8-9,11-13H2,1-3H3. The van der Waals surface area contributed by atoms with E-state index in [9.17, 15) is 0 Å². The number of benzene rings is 1. The number of ether oxygens (including phenoxy) is 2. The molecule has 0 bridgehead atoms. The number of likely N-dealkylation sites (tertiary alicyclic amines) is 1. The highest BCUT2D eigenvalue weighted by atomic mass is 16.5. The molecule has 3 heterocycles. The minimum atomic E-state index is 0.662. The first-order valence-electron chi connectivity index (χ1n) is 9.54. The van der Waals surface area contributed by atoms with E-state index in [1.807, 2.05) is 18.2 Å². The van der Waals surface area contributed by atoms with E-state index in [-0.39, 0.29) is 0 Å². The van der Waals surface area contributed by atoms with Crippen LogP contribution in [0.5, 0.6) is 11.5 Å².